The van der Waals surface area contributed by atoms with Crippen LogP contribution in [0.2, 0.25) is 0 Å². The lowest BCUT2D eigenvalue weighted by Crippen LogP contribution is -2.51. The molecule has 0 bridgehead atoms. The first-order valence-corrected chi connectivity index (χ1v) is 10.7. The van der Waals surface area contributed by atoms with Gasteiger partial charge in [0.2, 0.25) is 0 Å². The van der Waals surface area contributed by atoms with Gasteiger partial charge < -0.3 is 0 Å². The molecule has 1 atom stereocenters. The van der Waals surface area contributed by atoms with Gasteiger partial charge in [-0.2, -0.15) is 11.8 Å². The van der Waals surface area contributed by atoms with E-state index >= 15 is 0 Å². The van der Waals surface area contributed by atoms with Crippen LogP contribution in [0.15, 0.2) is 0 Å². The summed E-state index contributed by atoms with van der Waals surface area (Å²) in [4.78, 5) is 2.18. The number of nitrogens with zero attached hydrogens (tertiary/aromatic N) is 1. The highest BCUT2D eigenvalue weighted by molar-refractivity contribution is 9.09. The summed E-state index contributed by atoms with van der Waals surface area (Å²) in [5.41, 5.74) is 0.199. The number of hydrogen-bond donors (Lipinski definition) is 0. The lowest BCUT2D eigenvalue weighted by Gasteiger charge is -2.41. The molecular formula is C12H24BrNO2S2. The van der Waals surface area contributed by atoms with Crippen molar-refractivity contribution in [1.82, 2.24) is 4.90 Å². The van der Waals surface area contributed by atoms with Gasteiger partial charge >= 0.3 is 0 Å². The van der Waals surface area contributed by atoms with Gasteiger partial charge in [-0.3, -0.25) is 4.90 Å². The smallest absolute Gasteiger partial charge is 0.164 e. The van der Waals surface area contributed by atoms with E-state index in [1.165, 1.54) is 6.26 Å². The fourth-order valence-corrected chi connectivity index (χ4v) is 6.24. The lowest BCUT2D eigenvalue weighted by atomic mass is 9.84. The van der Waals surface area contributed by atoms with Crippen LogP contribution >= 0.6 is 27.7 Å². The van der Waals surface area contributed by atoms with Crippen molar-refractivity contribution in [2.45, 2.75) is 32.1 Å². The van der Waals surface area contributed by atoms with E-state index in [0.717, 1.165) is 37.0 Å². The van der Waals surface area contributed by atoms with Crippen LogP contribution in [0.25, 0.3) is 0 Å². The average molecular weight is 358 g/mol. The molecule has 1 aliphatic rings. The van der Waals surface area contributed by atoms with Gasteiger partial charge in [0.05, 0.1) is 0 Å². The van der Waals surface area contributed by atoms with Crippen molar-refractivity contribution in [2.24, 2.45) is 5.41 Å². The molecule has 1 fully saturated rings. The van der Waals surface area contributed by atoms with Crippen molar-refractivity contribution in [1.29, 1.82) is 0 Å². The molecule has 1 saturated heterocycles. The van der Waals surface area contributed by atoms with E-state index in [4.69, 9.17) is 0 Å². The molecule has 1 aliphatic heterocycles. The zero-order valence-corrected chi connectivity index (χ0v) is 14.7. The molecule has 0 spiro atoms. The maximum atomic E-state index is 11.9. The Morgan fingerprint density at radius 3 is 2.44 bits per heavy atom. The van der Waals surface area contributed by atoms with Gasteiger partial charge in [0.1, 0.15) is 5.37 Å². The molecule has 1 unspecified atom stereocenters. The van der Waals surface area contributed by atoms with Gasteiger partial charge in [-0.15, -0.1) is 0 Å². The Morgan fingerprint density at radius 1 is 1.39 bits per heavy atom. The molecule has 0 aliphatic carbocycles. The molecule has 1 heterocycles. The second-order valence-corrected chi connectivity index (χ2v) is 9.08. The number of hydrogen-bond acceptors (Lipinski definition) is 4. The summed E-state index contributed by atoms with van der Waals surface area (Å²) >= 11 is 5.36. The normalized spacial score (nSPS) is 23.2. The predicted molar refractivity (Wildman–Crippen MR) is 84.3 cm³/mol. The molecule has 1 rings (SSSR count). The zero-order chi connectivity index (χ0) is 13.8. The monoisotopic (exact) mass is 357 g/mol. The summed E-state index contributed by atoms with van der Waals surface area (Å²) in [6.07, 6.45) is 3.52. The Kier molecular flexibility index (Phi) is 6.49. The van der Waals surface area contributed by atoms with E-state index in [-0.39, 0.29) is 10.8 Å². The summed E-state index contributed by atoms with van der Waals surface area (Å²) in [6.45, 7) is 6.15. The van der Waals surface area contributed by atoms with Crippen LogP contribution in [-0.2, 0) is 9.84 Å². The quantitative estimate of drug-likeness (QED) is 0.684. The molecule has 0 radical (unpaired) electrons. The zero-order valence-electron chi connectivity index (χ0n) is 11.5. The van der Waals surface area contributed by atoms with Crippen LogP contribution in [0.4, 0.5) is 0 Å². The van der Waals surface area contributed by atoms with Gasteiger partial charge in [0.25, 0.3) is 0 Å². The summed E-state index contributed by atoms with van der Waals surface area (Å²) in [5.74, 6) is 1.75. The molecular weight excluding hydrogens is 334 g/mol. The Labute approximate surface area is 124 Å². The average Bonchev–Trinajstić information content (AvgIpc) is 2.35. The number of thioether (sulfide) groups is 1. The molecule has 0 aromatic rings. The Morgan fingerprint density at radius 2 is 2.00 bits per heavy atom. The first-order valence-electron chi connectivity index (χ1n) is 6.45. The fourth-order valence-electron chi connectivity index (χ4n) is 2.33. The highest BCUT2D eigenvalue weighted by atomic mass is 79.9. The molecule has 0 N–H and O–H groups in total. The first kappa shape index (κ1) is 16.8. The minimum Gasteiger partial charge on any atom is -0.285 e. The van der Waals surface area contributed by atoms with Gasteiger partial charge in [-0.05, 0) is 18.3 Å². The maximum Gasteiger partial charge on any atom is 0.164 e. The Bertz CT molecular complexity index is 347. The minimum absolute atomic E-state index is 0.199. The molecule has 3 nitrogen and oxygen atoms in total. The van der Waals surface area contributed by atoms with Gasteiger partial charge in [0, 0.05) is 36.2 Å². The van der Waals surface area contributed by atoms with Crippen LogP contribution in [0.5, 0.6) is 0 Å². The third-order valence-electron chi connectivity index (χ3n) is 4.01. The molecule has 6 heteroatoms. The van der Waals surface area contributed by atoms with Crippen LogP contribution in [0.3, 0.4) is 0 Å². The highest BCUT2D eigenvalue weighted by Crippen LogP contribution is 2.32. The van der Waals surface area contributed by atoms with Crippen molar-refractivity contribution in [3.63, 3.8) is 0 Å². The molecule has 18 heavy (non-hydrogen) atoms. The third kappa shape index (κ3) is 4.12. The van der Waals surface area contributed by atoms with E-state index in [1.54, 1.807) is 11.8 Å². The number of halogens is 1. The van der Waals surface area contributed by atoms with E-state index in [0.29, 0.717) is 5.75 Å². The minimum atomic E-state index is -2.98. The van der Waals surface area contributed by atoms with Crippen LogP contribution in [-0.4, -0.2) is 54.9 Å². The predicted octanol–water partition coefficient (Wildman–Crippen LogP) is 2.61. The van der Waals surface area contributed by atoms with Crippen molar-refractivity contribution >= 4 is 37.5 Å². The molecule has 0 aromatic heterocycles. The second-order valence-electron chi connectivity index (χ2n) is 5.17. The summed E-state index contributed by atoms with van der Waals surface area (Å²) in [5, 5.41) is 0.639. The van der Waals surface area contributed by atoms with Gasteiger partial charge in [-0.25, -0.2) is 8.42 Å². The van der Waals surface area contributed by atoms with Crippen LogP contribution in [0.1, 0.15) is 26.7 Å². The molecule has 0 saturated carbocycles. The first-order chi connectivity index (χ1) is 8.38. The third-order valence-corrected chi connectivity index (χ3v) is 7.88. The Hall–Kier alpha value is 0.740. The number of rotatable bonds is 6. The SMILES string of the molecule is CCC(CC)(CBr)CN1CCSCC1S(C)(=O)=O. The lowest BCUT2D eigenvalue weighted by molar-refractivity contribution is 0.155. The topological polar surface area (TPSA) is 37.4 Å². The van der Waals surface area contributed by atoms with Gasteiger partial charge in [-0.1, -0.05) is 29.8 Å². The molecule has 0 amide bonds. The summed E-state index contributed by atoms with van der Waals surface area (Å²) < 4.78 is 23.8. The van der Waals surface area contributed by atoms with Gasteiger partial charge in [0.15, 0.2) is 9.84 Å². The molecule has 0 aromatic carbocycles. The molecule has 108 valence electrons. The standard InChI is InChI=1S/C12H24BrNO2S2/c1-4-12(5-2,9-13)10-14-6-7-17-8-11(14)18(3,15)16/h11H,4-10H2,1-3H3. The van der Waals surface area contributed by atoms with Crippen molar-refractivity contribution in [2.75, 3.05) is 36.2 Å². The van der Waals surface area contributed by atoms with Crippen molar-refractivity contribution in [3.05, 3.63) is 0 Å². The van der Waals surface area contributed by atoms with E-state index in [1.807, 2.05) is 0 Å². The van der Waals surface area contributed by atoms with Crippen LogP contribution < -0.4 is 0 Å². The number of alkyl halides is 1. The summed E-state index contributed by atoms with van der Waals surface area (Å²) in [7, 11) is -2.98. The van der Waals surface area contributed by atoms with E-state index in [9.17, 15) is 8.42 Å². The Balaban J connectivity index is 2.85. The second kappa shape index (κ2) is 6.95. The highest BCUT2D eigenvalue weighted by Gasteiger charge is 2.36. The van der Waals surface area contributed by atoms with E-state index < -0.39 is 9.84 Å². The summed E-state index contributed by atoms with van der Waals surface area (Å²) in [6, 6.07) is 0. The number of sulfone groups is 1. The van der Waals surface area contributed by atoms with Crippen LogP contribution in [0, 0.1) is 5.41 Å². The fraction of sp³-hybridized carbons (Fsp3) is 1.00. The van der Waals surface area contributed by atoms with Crippen molar-refractivity contribution < 1.29 is 8.42 Å². The van der Waals surface area contributed by atoms with Crippen molar-refractivity contribution in [3.8, 4) is 0 Å². The maximum absolute atomic E-state index is 11.9. The largest absolute Gasteiger partial charge is 0.285 e. The van der Waals surface area contributed by atoms with E-state index in [2.05, 4.69) is 34.7 Å².